The van der Waals surface area contributed by atoms with Gasteiger partial charge in [0.15, 0.2) is 5.16 Å². The van der Waals surface area contributed by atoms with Crippen molar-refractivity contribution in [3.8, 4) is 0 Å². The molecule has 0 amide bonds. The van der Waals surface area contributed by atoms with Crippen molar-refractivity contribution in [2.24, 2.45) is 0 Å². The molecule has 1 heterocycles. The summed E-state index contributed by atoms with van der Waals surface area (Å²) in [7, 11) is 0. The van der Waals surface area contributed by atoms with Crippen LogP contribution < -0.4 is 0 Å². The first-order valence-corrected chi connectivity index (χ1v) is 7.40. The number of aromatic nitrogens is 2. The first-order valence-electron chi connectivity index (χ1n) is 5.62. The van der Waals surface area contributed by atoms with Crippen LogP contribution >= 0.6 is 27.7 Å². The third-order valence-corrected chi connectivity index (χ3v) is 3.80. The Morgan fingerprint density at radius 2 is 2.32 bits per heavy atom. The van der Waals surface area contributed by atoms with Crippen LogP contribution in [-0.2, 0) is 11.3 Å². The third kappa shape index (κ3) is 3.19. The number of hydrogen-bond donors (Lipinski definition) is 1. The van der Waals surface area contributed by atoms with Crippen molar-refractivity contribution in [1.82, 2.24) is 9.55 Å². The highest BCUT2D eigenvalue weighted by molar-refractivity contribution is 9.11. The minimum atomic E-state index is -0.849. The number of nitrogens with zero attached hydrogens (tertiary/aromatic N) is 2. The number of aryl methyl sites for hydroxylation is 1. The van der Waals surface area contributed by atoms with Gasteiger partial charge in [0.2, 0.25) is 0 Å². The number of fused-ring (bicyclic) bond motifs is 1. The maximum Gasteiger partial charge on any atom is 0.313 e. The molecule has 0 radical (unpaired) electrons. The van der Waals surface area contributed by atoms with E-state index in [9.17, 15) is 4.79 Å². The van der Waals surface area contributed by atoms with Crippen molar-refractivity contribution in [3.63, 3.8) is 0 Å². The average Bonchev–Trinajstić information content (AvgIpc) is 2.65. The van der Waals surface area contributed by atoms with Crippen molar-refractivity contribution in [2.75, 3.05) is 5.75 Å². The molecule has 19 heavy (non-hydrogen) atoms. The number of aliphatic carboxylic acids is 1. The van der Waals surface area contributed by atoms with E-state index in [1.54, 1.807) is 0 Å². The molecule has 0 saturated carbocycles. The molecule has 6 heteroatoms. The van der Waals surface area contributed by atoms with Crippen LogP contribution in [0.5, 0.6) is 0 Å². The zero-order chi connectivity index (χ0) is 14.0. The molecule has 4 nitrogen and oxygen atoms in total. The highest BCUT2D eigenvalue weighted by Gasteiger charge is 2.14. The molecule has 1 aromatic heterocycles. The summed E-state index contributed by atoms with van der Waals surface area (Å²) in [6, 6.07) is 5.90. The van der Waals surface area contributed by atoms with E-state index in [0.29, 0.717) is 11.7 Å². The fraction of sp³-hybridized carbons (Fsp3) is 0.231. The Labute approximate surface area is 123 Å². The van der Waals surface area contributed by atoms with Gasteiger partial charge in [-0.15, -0.1) is 0 Å². The summed E-state index contributed by atoms with van der Waals surface area (Å²) in [5, 5.41) is 9.49. The Morgan fingerprint density at radius 3 is 2.95 bits per heavy atom. The van der Waals surface area contributed by atoms with E-state index in [4.69, 9.17) is 5.11 Å². The summed E-state index contributed by atoms with van der Waals surface area (Å²) in [5.74, 6) is -0.852. The summed E-state index contributed by atoms with van der Waals surface area (Å²) < 4.78 is 2.82. The molecule has 0 aliphatic heterocycles. The first kappa shape index (κ1) is 14.1. The minimum Gasteiger partial charge on any atom is -0.481 e. The second kappa shape index (κ2) is 5.79. The fourth-order valence-corrected chi connectivity index (χ4v) is 2.88. The van der Waals surface area contributed by atoms with Crippen LogP contribution in [0.1, 0.15) is 5.56 Å². The van der Waals surface area contributed by atoms with Crippen molar-refractivity contribution in [2.45, 2.75) is 18.6 Å². The number of halogens is 1. The lowest BCUT2D eigenvalue weighted by atomic mass is 10.2. The molecule has 0 aliphatic carbocycles. The van der Waals surface area contributed by atoms with Gasteiger partial charge < -0.3 is 9.67 Å². The number of carboxylic acids is 1. The molecule has 1 N–H and O–H groups in total. The summed E-state index contributed by atoms with van der Waals surface area (Å²) >= 11 is 4.57. The average molecular weight is 341 g/mol. The Kier molecular flexibility index (Phi) is 4.31. The summed E-state index contributed by atoms with van der Waals surface area (Å²) in [6.45, 7) is 6.44. The molecule has 100 valence electrons. The number of imidazole rings is 1. The van der Waals surface area contributed by atoms with E-state index >= 15 is 0 Å². The van der Waals surface area contributed by atoms with Gasteiger partial charge in [0.05, 0.1) is 23.3 Å². The summed E-state index contributed by atoms with van der Waals surface area (Å²) in [5.41, 5.74) is 3.01. The quantitative estimate of drug-likeness (QED) is 0.847. The van der Waals surface area contributed by atoms with Gasteiger partial charge in [0.1, 0.15) is 0 Å². The lowest BCUT2D eigenvalue weighted by molar-refractivity contribution is -0.133. The smallest absolute Gasteiger partial charge is 0.313 e. The van der Waals surface area contributed by atoms with Crippen LogP contribution in [-0.4, -0.2) is 26.4 Å². The van der Waals surface area contributed by atoms with Gasteiger partial charge in [-0.05, 0) is 18.6 Å². The Morgan fingerprint density at radius 1 is 1.58 bits per heavy atom. The third-order valence-electron chi connectivity index (χ3n) is 2.59. The van der Waals surface area contributed by atoms with E-state index in [0.717, 1.165) is 21.1 Å². The number of benzene rings is 1. The second-order valence-corrected chi connectivity index (χ2v) is 6.19. The number of thioether (sulfide) groups is 1. The van der Waals surface area contributed by atoms with Crippen LogP contribution in [0.3, 0.4) is 0 Å². The maximum atomic E-state index is 10.7. The van der Waals surface area contributed by atoms with Gasteiger partial charge in [0, 0.05) is 4.48 Å². The lowest BCUT2D eigenvalue weighted by Crippen LogP contribution is -2.04. The highest BCUT2D eigenvalue weighted by Crippen LogP contribution is 2.27. The van der Waals surface area contributed by atoms with Gasteiger partial charge in [-0.25, -0.2) is 4.98 Å². The minimum absolute atomic E-state index is 0.00285. The number of rotatable bonds is 5. The Balaban J connectivity index is 2.52. The van der Waals surface area contributed by atoms with Crippen LogP contribution in [0.4, 0.5) is 0 Å². The van der Waals surface area contributed by atoms with Crippen molar-refractivity contribution in [1.29, 1.82) is 0 Å². The van der Waals surface area contributed by atoms with Crippen LogP contribution in [0, 0.1) is 6.92 Å². The zero-order valence-electron chi connectivity index (χ0n) is 10.4. The molecule has 2 rings (SSSR count). The van der Waals surface area contributed by atoms with Gasteiger partial charge in [0.25, 0.3) is 0 Å². The highest BCUT2D eigenvalue weighted by atomic mass is 79.9. The standard InChI is InChI=1S/C13H13BrN2O2S/c1-8-4-3-5-10-12(8)16(6-9(2)14)13(15-10)19-7-11(17)18/h3-5H,2,6-7H2,1H3,(H,17,18). The number of carbonyl (C=O) groups is 1. The van der Waals surface area contributed by atoms with E-state index in [-0.39, 0.29) is 5.75 Å². The molecule has 0 unspecified atom stereocenters. The van der Waals surface area contributed by atoms with Gasteiger partial charge >= 0.3 is 5.97 Å². The van der Waals surface area contributed by atoms with Crippen molar-refractivity contribution in [3.05, 3.63) is 34.8 Å². The molecular formula is C13H13BrN2O2S. The lowest BCUT2D eigenvalue weighted by Gasteiger charge is -2.08. The van der Waals surface area contributed by atoms with Crippen LogP contribution in [0.2, 0.25) is 0 Å². The zero-order valence-corrected chi connectivity index (χ0v) is 12.8. The summed E-state index contributed by atoms with van der Waals surface area (Å²) in [6.07, 6.45) is 0. The fourth-order valence-electron chi connectivity index (χ4n) is 1.90. The van der Waals surface area contributed by atoms with Gasteiger partial charge in [-0.3, -0.25) is 4.79 Å². The predicted octanol–water partition coefficient (Wildman–Crippen LogP) is 3.43. The SMILES string of the molecule is C=C(Br)Cn1c(SCC(=O)O)nc2cccc(C)c21. The molecule has 1 aromatic carbocycles. The molecule has 0 aliphatic rings. The number of hydrogen-bond acceptors (Lipinski definition) is 3. The molecular weight excluding hydrogens is 328 g/mol. The van der Waals surface area contributed by atoms with Crippen LogP contribution in [0.15, 0.2) is 34.4 Å². The monoisotopic (exact) mass is 340 g/mol. The first-order chi connectivity index (χ1) is 8.99. The van der Waals surface area contributed by atoms with Gasteiger partial charge in [-0.2, -0.15) is 0 Å². The molecule has 2 aromatic rings. The van der Waals surface area contributed by atoms with Crippen molar-refractivity contribution < 1.29 is 9.90 Å². The van der Waals surface area contributed by atoms with E-state index in [1.807, 2.05) is 29.7 Å². The van der Waals surface area contributed by atoms with E-state index in [1.165, 1.54) is 11.8 Å². The molecule has 0 spiro atoms. The van der Waals surface area contributed by atoms with Crippen molar-refractivity contribution >= 4 is 44.7 Å². The maximum absolute atomic E-state index is 10.7. The molecule has 0 atom stereocenters. The normalized spacial score (nSPS) is 10.8. The summed E-state index contributed by atoms with van der Waals surface area (Å²) in [4.78, 5) is 15.2. The Bertz CT molecular complexity index is 651. The number of allylic oxidation sites excluding steroid dienone is 1. The number of para-hydroxylation sites is 1. The largest absolute Gasteiger partial charge is 0.481 e. The molecule has 0 fully saturated rings. The number of carboxylic acid groups (broad SMARTS) is 1. The van der Waals surface area contributed by atoms with E-state index < -0.39 is 5.97 Å². The predicted molar refractivity (Wildman–Crippen MR) is 80.9 cm³/mol. The van der Waals surface area contributed by atoms with Gasteiger partial charge in [-0.1, -0.05) is 46.4 Å². The second-order valence-electron chi connectivity index (χ2n) is 4.12. The topological polar surface area (TPSA) is 55.1 Å². The van der Waals surface area contributed by atoms with E-state index in [2.05, 4.69) is 27.5 Å². The van der Waals surface area contributed by atoms with Crippen LogP contribution in [0.25, 0.3) is 11.0 Å². The molecule has 0 saturated heterocycles. The molecule has 0 bridgehead atoms. The Hall–Kier alpha value is -1.27.